The Morgan fingerprint density at radius 1 is 1.12 bits per heavy atom. The van der Waals surface area contributed by atoms with E-state index in [1.807, 2.05) is 70.3 Å². The number of hydrogen-bond donors (Lipinski definition) is 1. The van der Waals surface area contributed by atoms with Gasteiger partial charge in [0, 0.05) is 11.4 Å². The number of hydrogen-bond acceptors (Lipinski definition) is 4. The Morgan fingerprint density at radius 2 is 1.71 bits per heavy atom. The Bertz CT molecular complexity index is 784. The van der Waals surface area contributed by atoms with Crippen molar-refractivity contribution in [2.24, 2.45) is 0 Å². The molecule has 0 saturated carbocycles. The van der Waals surface area contributed by atoms with E-state index < -0.39 is 10.0 Å². The van der Waals surface area contributed by atoms with Crippen molar-refractivity contribution in [2.75, 3.05) is 20.6 Å². The van der Waals surface area contributed by atoms with Crippen LogP contribution in [0.25, 0.3) is 0 Å². The van der Waals surface area contributed by atoms with E-state index in [1.165, 1.54) is 0 Å². The second kappa shape index (κ2) is 7.35. The molecule has 1 atom stereocenters. The van der Waals surface area contributed by atoms with Crippen molar-refractivity contribution in [3.8, 4) is 0 Å². The first-order valence-corrected chi connectivity index (χ1v) is 10.3. The van der Waals surface area contributed by atoms with Crippen molar-refractivity contribution in [1.29, 1.82) is 0 Å². The standard InChI is InChI=1S/C18H26N2O2S2/c1-12-10-13(2)15(4)18(14(12)3)24(21,22)19-11-16(20(5)6)17-8-7-9-23-17/h7-10,16,19H,11H2,1-6H3. The van der Waals surface area contributed by atoms with Gasteiger partial charge in [0.25, 0.3) is 0 Å². The van der Waals surface area contributed by atoms with E-state index in [0.717, 1.165) is 27.1 Å². The highest BCUT2D eigenvalue weighted by molar-refractivity contribution is 7.89. The fraction of sp³-hybridized carbons (Fsp3) is 0.444. The molecule has 0 radical (unpaired) electrons. The van der Waals surface area contributed by atoms with Crippen molar-refractivity contribution in [1.82, 2.24) is 9.62 Å². The third-order valence-corrected chi connectivity index (χ3v) is 7.20. The van der Waals surface area contributed by atoms with Crippen molar-refractivity contribution in [3.63, 3.8) is 0 Å². The molecule has 0 aliphatic heterocycles. The molecule has 0 amide bonds. The first-order chi connectivity index (χ1) is 11.1. The molecule has 0 aliphatic rings. The molecule has 0 saturated heterocycles. The molecule has 0 bridgehead atoms. The topological polar surface area (TPSA) is 49.4 Å². The van der Waals surface area contributed by atoms with Gasteiger partial charge in [0.1, 0.15) is 0 Å². The number of nitrogens with one attached hydrogen (secondary N) is 1. The SMILES string of the molecule is Cc1cc(C)c(C)c(S(=O)(=O)NCC(c2cccs2)N(C)C)c1C. The third kappa shape index (κ3) is 3.88. The Balaban J connectivity index is 2.33. The highest BCUT2D eigenvalue weighted by Crippen LogP contribution is 2.27. The van der Waals surface area contributed by atoms with Gasteiger partial charge in [-0.1, -0.05) is 12.1 Å². The molecule has 6 heteroatoms. The summed E-state index contributed by atoms with van der Waals surface area (Å²) in [5.74, 6) is 0. The average Bonchev–Trinajstić information content (AvgIpc) is 2.99. The number of benzene rings is 1. The van der Waals surface area contributed by atoms with Gasteiger partial charge in [0.15, 0.2) is 0 Å². The van der Waals surface area contributed by atoms with E-state index in [0.29, 0.717) is 11.4 Å². The lowest BCUT2D eigenvalue weighted by molar-refractivity contribution is 0.303. The summed E-state index contributed by atoms with van der Waals surface area (Å²) < 4.78 is 28.7. The predicted molar refractivity (Wildman–Crippen MR) is 101 cm³/mol. The molecule has 1 heterocycles. The van der Waals surface area contributed by atoms with Crippen LogP contribution in [0.15, 0.2) is 28.5 Å². The van der Waals surface area contributed by atoms with Gasteiger partial charge in [0.05, 0.1) is 10.9 Å². The fourth-order valence-electron chi connectivity index (χ4n) is 2.86. The molecule has 4 nitrogen and oxygen atoms in total. The summed E-state index contributed by atoms with van der Waals surface area (Å²) in [6.07, 6.45) is 0. The minimum absolute atomic E-state index is 0.0197. The van der Waals surface area contributed by atoms with Gasteiger partial charge in [-0.05, 0) is 75.5 Å². The second-order valence-corrected chi connectivity index (χ2v) is 9.12. The van der Waals surface area contributed by atoms with Gasteiger partial charge < -0.3 is 4.90 Å². The van der Waals surface area contributed by atoms with Crippen LogP contribution in [0.2, 0.25) is 0 Å². The maximum atomic E-state index is 12.9. The zero-order valence-electron chi connectivity index (χ0n) is 15.2. The maximum absolute atomic E-state index is 12.9. The average molecular weight is 367 g/mol. The van der Waals surface area contributed by atoms with Crippen LogP contribution in [0.3, 0.4) is 0 Å². The van der Waals surface area contributed by atoms with Crippen molar-refractivity contribution >= 4 is 21.4 Å². The number of likely N-dealkylation sites (N-methyl/N-ethyl adjacent to an activating group) is 1. The molecular formula is C18H26N2O2S2. The lowest BCUT2D eigenvalue weighted by atomic mass is 10.0. The number of aryl methyl sites for hydroxylation is 2. The molecule has 1 aromatic carbocycles. The van der Waals surface area contributed by atoms with Crippen LogP contribution in [-0.4, -0.2) is 34.0 Å². The van der Waals surface area contributed by atoms with E-state index in [1.54, 1.807) is 11.3 Å². The van der Waals surface area contributed by atoms with Gasteiger partial charge in [-0.3, -0.25) is 0 Å². The monoisotopic (exact) mass is 366 g/mol. The lowest BCUT2D eigenvalue weighted by Gasteiger charge is -2.24. The van der Waals surface area contributed by atoms with E-state index in [4.69, 9.17) is 0 Å². The number of nitrogens with zero attached hydrogens (tertiary/aromatic N) is 1. The maximum Gasteiger partial charge on any atom is 0.241 e. The third-order valence-electron chi connectivity index (χ3n) is 4.53. The molecule has 24 heavy (non-hydrogen) atoms. The summed E-state index contributed by atoms with van der Waals surface area (Å²) in [5, 5.41) is 2.01. The van der Waals surface area contributed by atoms with E-state index in [2.05, 4.69) is 4.72 Å². The Hall–Kier alpha value is -1.21. The van der Waals surface area contributed by atoms with Gasteiger partial charge in [0.2, 0.25) is 10.0 Å². The highest BCUT2D eigenvalue weighted by Gasteiger charge is 2.24. The highest BCUT2D eigenvalue weighted by atomic mass is 32.2. The van der Waals surface area contributed by atoms with Crippen molar-refractivity contribution < 1.29 is 8.42 Å². The van der Waals surface area contributed by atoms with Crippen molar-refractivity contribution in [3.05, 3.63) is 50.7 Å². The second-order valence-electron chi connectivity index (χ2n) is 6.44. The summed E-state index contributed by atoms with van der Waals surface area (Å²) in [5.41, 5.74) is 3.65. The van der Waals surface area contributed by atoms with Crippen LogP contribution in [0, 0.1) is 27.7 Å². The minimum Gasteiger partial charge on any atom is -0.300 e. The van der Waals surface area contributed by atoms with Crippen LogP contribution in [0.4, 0.5) is 0 Å². The Kier molecular flexibility index (Phi) is 5.86. The zero-order chi connectivity index (χ0) is 18.1. The van der Waals surface area contributed by atoms with E-state index in [9.17, 15) is 8.42 Å². The van der Waals surface area contributed by atoms with E-state index in [-0.39, 0.29) is 6.04 Å². The van der Waals surface area contributed by atoms with Crippen LogP contribution >= 0.6 is 11.3 Å². The first-order valence-electron chi connectivity index (χ1n) is 7.92. The number of rotatable bonds is 6. The summed E-state index contributed by atoms with van der Waals surface area (Å²) in [7, 11) is 0.370. The van der Waals surface area contributed by atoms with Crippen LogP contribution < -0.4 is 4.72 Å². The molecule has 0 spiro atoms. The molecule has 0 fully saturated rings. The van der Waals surface area contributed by atoms with Crippen LogP contribution in [0.1, 0.15) is 33.2 Å². The minimum atomic E-state index is -3.56. The van der Waals surface area contributed by atoms with Gasteiger partial charge >= 0.3 is 0 Å². The first kappa shape index (κ1) is 19.1. The molecule has 132 valence electrons. The largest absolute Gasteiger partial charge is 0.300 e. The van der Waals surface area contributed by atoms with E-state index >= 15 is 0 Å². The summed E-state index contributed by atoms with van der Waals surface area (Å²) >= 11 is 1.64. The molecule has 2 rings (SSSR count). The number of thiophene rings is 1. The smallest absolute Gasteiger partial charge is 0.241 e. The molecule has 1 unspecified atom stereocenters. The van der Waals surface area contributed by atoms with Gasteiger partial charge in [-0.2, -0.15) is 0 Å². The molecular weight excluding hydrogens is 340 g/mol. The summed E-state index contributed by atoms with van der Waals surface area (Å²) in [6, 6.07) is 6.09. The Morgan fingerprint density at radius 3 is 2.17 bits per heavy atom. The summed E-state index contributed by atoms with van der Waals surface area (Å²) in [4.78, 5) is 3.61. The predicted octanol–water partition coefficient (Wildman–Crippen LogP) is 3.56. The molecule has 1 aromatic heterocycles. The molecule has 1 N–H and O–H groups in total. The van der Waals surface area contributed by atoms with Gasteiger partial charge in [-0.25, -0.2) is 13.1 Å². The molecule has 2 aromatic rings. The quantitative estimate of drug-likeness (QED) is 0.850. The lowest BCUT2D eigenvalue weighted by Crippen LogP contribution is -2.34. The summed E-state index contributed by atoms with van der Waals surface area (Å²) in [6.45, 7) is 8.00. The number of sulfonamides is 1. The van der Waals surface area contributed by atoms with Crippen molar-refractivity contribution in [2.45, 2.75) is 38.6 Å². The zero-order valence-corrected chi connectivity index (χ0v) is 16.8. The fourth-order valence-corrected chi connectivity index (χ4v) is 5.44. The van der Waals surface area contributed by atoms with Gasteiger partial charge in [-0.15, -0.1) is 11.3 Å². The normalized spacial score (nSPS) is 13.5. The molecule has 0 aliphatic carbocycles. The van der Waals surface area contributed by atoms with Crippen LogP contribution in [-0.2, 0) is 10.0 Å². The van der Waals surface area contributed by atoms with Crippen LogP contribution in [0.5, 0.6) is 0 Å². The Labute approximate surface area is 149 Å².